The first kappa shape index (κ1) is 19.7. The number of hydrogen-bond donors (Lipinski definition) is 0. The number of carbonyl (C=O) groups excluding carboxylic acids is 1. The Hall–Kier alpha value is -3.62. The van der Waals surface area contributed by atoms with Crippen molar-refractivity contribution in [2.75, 3.05) is 6.61 Å². The second-order valence-electron chi connectivity index (χ2n) is 6.85. The molecule has 0 saturated carbocycles. The van der Waals surface area contributed by atoms with Gasteiger partial charge in [-0.25, -0.2) is 4.79 Å². The number of carbonyl (C=O) groups is 1. The average molecular weight is 416 g/mol. The summed E-state index contributed by atoms with van der Waals surface area (Å²) in [7, 11) is 0. The van der Waals surface area contributed by atoms with Crippen molar-refractivity contribution in [3.63, 3.8) is 0 Å². The molecule has 3 heterocycles. The van der Waals surface area contributed by atoms with Crippen LogP contribution in [0.15, 0.2) is 58.1 Å². The van der Waals surface area contributed by atoms with Crippen LogP contribution in [0.25, 0.3) is 21.7 Å². The summed E-state index contributed by atoms with van der Waals surface area (Å²) in [5.41, 5.74) is 0.402. The molecule has 0 aliphatic heterocycles. The van der Waals surface area contributed by atoms with Crippen LogP contribution >= 0.6 is 0 Å². The van der Waals surface area contributed by atoms with Gasteiger partial charge in [0.25, 0.3) is 5.56 Å². The molecule has 0 amide bonds. The zero-order valence-electron chi connectivity index (χ0n) is 15.7. The Morgan fingerprint density at radius 1 is 1.20 bits per heavy atom. The van der Waals surface area contributed by atoms with E-state index in [2.05, 4.69) is 9.72 Å². The lowest BCUT2D eigenvalue weighted by molar-refractivity contribution is -0.161. The number of ether oxygens (including phenoxy) is 1. The number of alkyl halides is 3. The number of nitrogens with zero attached hydrogens (tertiary/aromatic N) is 2. The van der Waals surface area contributed by atoms with E-state index < -0.39 is 18.8 Å². The van der Waals surface area contributed by atoms with Crippen molar-refractivity contribution in [3.8, 4) is 0 Å². The topological polar surface area (TPSA) is 74.3 Å². The Morgan fingerprint density at radius 2 is 2.00 bits per heavy atom. The maximum Gasteiger partial charge on any atom is 0.422 e. The van der Waals surface area contributed by atoms with Gasteiger partial charge in [-0.2, -0.15) is 13.2 Å². The highest BCUT2D eigenvalue weighted by Crippen LogP contribution is 2.27. The number of aryl methyl sites for hydroxylation is 1. The SMILES string of the molecule is Cc1cc(C(=O)OCC(F)(F)F)c2oc(Cn3ccc4ccncc4c3=O)cc2c1. The van der Waals surface area contributed by atoms with E-state index in [-0.39, 0.29) is 23.3 Å². The van der Waals surface area contributed by atoms with Crippen LogP contribution in [0, 0.1) is 6.92 Å². The minimum Gasteiger partial charge on any atom is -0.458 e. The molecule has 0 saturated heterocycles. The van der Waals surface area contributed by atoms with Gasteiger partial charge in [0.05, 0.1) is 11.9 Å². The fourth-order valence-corrected chi connectivity index (χ4v) is 3.23. The number of fused-ring (bicyclic) bond motifs is 2. The van der Waals surface area contributed by atoms with Crippen molar-refractivity contribution < 1.29 is 27.1 Å². The molecule has 0 atom stereocenters. The monoisotopic (exact) mass is 416 g/mol. The van der Waals surface area contributed by atoms with E-state index in [1.165, 1.54) is 16.8 Å². The van der Waals surface area contributed by atoms with Gasteiger partial charge >= 0.3 is 12.1 Å². The molecule has 9 heteroatoms. The fraction of sp³-hybridized carbons (Fsp3) is 0.190. The molecule has 3 aromatic heterocycles. The minimum atomic E-state index is -4.63. The molecule has 0 bridgehead atoms. The number of halogens is 3. The van der Waals surface area contributed by atoms with Gasteiger partial charge < -0.3 is 13.7 Å². The maximum absolute atomic E-state index is 12.7. The van der Waals surface area contributed by atoms with Gasteiger partial charge in [-0.3, -0.25) is 9.78 Å². The van der Waals surface area contributed by atoms with E-state index in [1.807, 2.05) is 0 Å². The van der Waals surface area contributed by atoms with Crippen molar-refractivity contribution in [1.82, 2.24) is 9.55 Å². The van der Waals surface area contributed by atoms with Crippen LogP contribution in [0.4, 0.5) is 13.2 Å². The lowest BCUT2D eigenvalue weighted by Crippen LogP contribution is -2.20. The zero-order chi connectivity index (χ0) is 21.5. The van der Waals surface area contributed by atoms with Crippen LogP contribution in [0.1, 0.15) is 21.7 Å². The summed E-state index contributed by atoms with van der Waals surface area (Å²) >= 11 is 0. The number of aromatic nitrogens is 2. The highest BCUT2D eigenvalue weighted by molar-refractivity contribution is 6.02. The van der Waals surface area contributed by atoms with E-state index in [0.717, 1.165) is 5.39 Å². The number of pyridine rings is 2. The zero-order valence-corrected chi connectivity index (χ0v) is 15.7. The largest absolute Gasteiger partial charge is 0.458 e. The number of rotatable bonds is 4. The van der Waals surface area contributed by atoms with E-state index in [0.29, 0.717) is 22.1 Å². The molecule has 4 aromatic rings. The third-order valence-electron chi connectivity index (χ3n) is 4.50. The lowest BCUT2D eigenvalue weighted by Gasteiger charge is -2.08. The van der Waals surface area contributed by atoms with Gasteiger partial charge in [0, 0.05) is 24.0 Å². The standard InChI is InChI=1S/C21H15F3N2O4/c1-12-6-14-8-15(10-26-5-3-13-2-4-25-9-17(13)19(26)27)30-18(14)16(7-12)20(28)29-11-21(22,23)24/h2-9H,10-11H2,1H3. The summed E-state index contributed by atoms with van der Waals surface area (Å²) in [4.78, 5) is 28.8. The molecule has 4 rings (SSSR count). The Balaban J connectivity index is 1.69. The smallest absolute Gasteiger partial charge is 0.422 e. The molecule has 1 aromatic carbocycles. The summed E-state index contributed by atoms with van der Waals surface area (Å²) in [5, 5.41) is 1.73. The third-order valence-corrected chi connectivity index (χ3v) is 4.50. The predicted molar refractivity (Wildman–Crippen MR) is 102 cm³/mol. The minimum absolute atomic E-state index is 0.0778. The highest BCUT2D eigenvalue weighted by atomic mass is 19.4. The van der Waals surface area contributed by atoms with E-state index in [1.54, 1.807) is 43.6 Å². The first-order chi connectivity index (χ1) is 14.2. The quantitative estimate of drug-likeness (QED) is 0.466. The van der Waals surface area contributed by atoms with Crippen LogP contribution < -0.4 is 5.56 Å². The Labute approximate surface area is 167 Å². The van der Waals surface area contributed by atoms with Gasteiger partial charge in [-0.1, -0.05) is 0 Å². The molecular weight excluding hydrogens is 401 g/mol. The summed E-state index contributed by atoms with van der Waals surface area (Å²) < 4.78 is 48.7. The fourth-order valence-electron chi connectivity index (χ4n) is 3.23. The number of hydrogen-bond acceptors (Lipinski definition) is 5. The summed E-state index contributed by atoms with van der Waals surface area (Å²) in [6.07, 6.45) is 0.0542. The molecule has 0 fully saturated rings. The average Bonchev–Trinajstić information content (AvgIpc) is 3.09. The molecule has 0 N–H and O–H groups in total. The molecule has 0 unspecified atom stereocenters. The van der Waals surface area contributed by atoms with Gasteiger partial charge in [0.15, 0.2) is 6.61 Å². The van der Waals surface area contributed by atoms with Gasteiger partial charge in [0.1, 0.15) is 16.9 Å². The van der Waals surface area contributed by atoms with Crippen LogP contribution in [-0.2, 0) is 11.3 Å². The number of esters is 1. The predicted octanol–water partition coefficient (Wildman–Crippen LogP) is 4.22. The normalized spacial score (nSPS) is 11.9. The van der Waals surface area contributed by atoms with E-state index in [4.69, 9.17) is 4.42 Å². The van der Waals surface area contributed by atoms with Gasteiger partial charge in [0.2, 0.25) is 0 Å². The molecular formula is C21H15F3N2O4. The highest BCUT2D eigenvalue weighted by Gasteiger charge is 2.30. The van der Waals surface area contributed by atoms with Gasteiger partial charge in [-0.15, -0.1) is 0 Å². The van der Waals surface area contributed by atoms with Crippen LogP contribution in [0.3, 0.4) is 0 Å². The molecule has 0 aliphatic rings. The molecule has 30 heavy (non-hydrogen) atoms. The second-order valence-corrected chi connectivity index (χ2v) is 6.85. The number of furan rings is 1. The molecule has 154 valence electrons. The molecule has 0 spiro atoms. The van der Waals surface area contributed by atoms with E-state index >= 15 is 0 Å². The molecule has 0 radical (unpaired) electrons. The van der Waals surface area contributed by atoms with Crippen molar-refractivity contribution in [2.45, 2.75) is 19.6 Å². The summed E-state index contributed by atoms with van der Waals surface area (Å²) in [6, 6.07) is 8.27. The summed E-state index contributed by atoms with van der Waals surface area (Å²) in [6.45, 7) is 0.0945. The molecule has 0 aliphatic carbocycles. The third kappa shape index (κ3) is 3.91. The first-order valence-electron chi connectivity index (χ1n) is 8.91. The number of benzene rings is 1. The Morgan fingerprint density at radius 3 is 2.77 bits per heavy atom. The van der Waals surface area contributed by atoms with Gasteiger partial charge in [-0.05, 0) is 48.2 Å². The van der Waals surface area contributed by atoms with E-state index in [9.17, 15) is 22.8 Å². The molecule has 6 nitrogen and oxygen atoms in total. The lowest BCUT2D eigenvalue weighted by atomic mass is 10.1. The van der Waals surface area contributed by atoms with Crippen molar-refractivity contribution in [1.29, 1.82) is 0 Å². The maximum atomic E-state index is 12.7. The van der Waals surface area contributed by atoms with Crippen LogP contribution in [0.2, 0.25) is 0 Å². The Bertz CT molecular complexity index is 1320. The second kappa shape index (κ2) is 7.33. The summed E-state index contributed by atoms with van der Waals surface area (Å²) in [5.74, 6) is -0.762. The van der Waals surface area contributed by atoms with Crippen molar-refractivity contribution in [3.05, 3.63) is 76.2 Å². The van der Waals surface area contributed by atoms with Crippen LogP contribution in [-0.4, -0.2) is 28.3 Å². The Kier molecular flexibility index (Phi) is 4.81. The first-order valence-corrected chi connectivity index (χ1v) is 8.91. The van der Waals surface area contributed by atoms with Crippen molar-refractivity contribution >= 4 is 27.7 Å². The van der Waals surface area contributed by atoms with Crippen LogP contribution in [0.5, 0.6) is 0 Å². The van der Waals surface area contributed by atoms with Crippen molar-refractivity contribution in [2.24, 2.45) is 0 Å².